The highest BCUT2D eigenvalue weighted by atomic mass is 32.1. The minimum absolute atomic E-state index is 0.0699. The van der Waals surface area contributed by atoms with Gasteiger partial charge in [-0.1, -0.05) is 24.3 Å². The van der Waals surface area contributed by atoms with E-state index >= 15 is 0 Å². The molecular formula is C29H29NO5S. The molecule has 0 amide bonds. The summed E-state index contributed by atoms with van der Waals surface area (Å²) in [5.41, 5.74) is 3.80. The lowest BCUT2D eigenvalue weighted by atomic mass is 10.0. The van der Waals surface area contributed by atoms with Gasteiger partial charge in [0.1, 0.15) is 5.69 Å². The summed E-state index contributed by atoms with van der Waals surface area (Å²) in [4.78, 5) is 30.3. The largest absolute Gasteiger partial charge is 0.493 e. The minimum atomic E-state index is -0.170. The summed E-state index contributed by atoms with van der Waals surface area (Å²) in [5.74, 6) is 0.685. The summed E-state index contributed by atoms with van der Waals surface area (Å²) >= 11 is 1.67. The summed E-state index contributed by atoms with van der Waals surface area (Å²) in [5, 5.41) is 12.1. The number of aryl methyl sites for hydroxylation is 1. The van der Waals surface area contributed by atoms with Gasteiger partial charge in [-0.2, -0.15) is 0 Å². The molecule has 4 rings (SSSR count). The topological polar surface area (TPSA) is 85.7 Å². The molecule has 2 aromatic heterocycles. The Hall–Kier alpha value is -3.55. The Morgan fingerprint density at radius 3 is 2.58 bits per heavy atom. The number of aliphatic hydroxyl groups is 1. The number of rotatable bonds is 12. The van der Waals surface area contributed by atoms with Crippen molar-refractivity contribution in [1.82, 2.24) is 4.98 Å². The lowest BCUT2D eigenvalue weighted by molar-refractivity contribution is 0.0915. The molecule has 0 saturated heterocycles. The molecule has 6 nitrogen and oxygen atoms in total. The van der Waals surface area contributed by atoms with Gasteiger partial charge in [0.05, 0.1) is 19.4 Å². The Bertz CT molecular complexity index is 1380. The maximum atomic E-state index is 12.9. The van der Waals surface area contributed by atoms with Crippen molar-refractivity contribution < 1.29 is 24.2 Å². The third-order valence-electron chi connectivity index (χ3n) is 5.98. The molecule has 0 radical (unpaired) electrons. The summed E-state index contributed by atoms with van der Waals surface area (Å²) in [6.07, 6.45) is 1.53. The molecule has 2 aromatic carbocycles. The first-order valence-electron chi connectivity index (χ1n) is 11.9. The van der Waals surface area contributed by atoms with Crippen LogP contribution in [0.15, 0.2) is 60.0 Å². The predicted octanol–water partition coefficient (Wildman–Crippen LogP) is 6.28. The van der Waals surface area contributed by atoms with Crippen LogP contribution >= 0.6 is 11.3 Å². The molecule has 0 spiro atoms. The van der Waals surface area contributed by atoms with Gasteiger partial charge in [0.25, 0.3) is 0 Å². The van der Waals surface area contributed by atoms with E-state index in [1.165, 1.54) is 17.4 Å². The minimum Gasteiger partial charge on any atom is -0.493 e. The van der Waals surface area contributed by atoms with Crippen molar-refractivity contribution in [3.63, 3.8) is 0 Å². The van der Waals surface area contributed by atoms with Gasteiger partial charge in [-0.3, -0.25) is 9.59 Å². The van der Waals surface area contributed by atoms with Gasteiger partial charge < -0.3 is 14.6 Å². The van der Waals surface area contributed by atoms with Crippen molar-refractivity contribution in [2.75, 3.05) is 20.3 Å². The molecule has 0 aliphatic carbocycles. The van der Waals surface area contributed by atoms with Gasteiger partial charge in [-0.15, -0.1) is 11.3 Å². The van der Waals surface area contributed by atoms with Crippen LogP contribution in [-0.2, 0) is 0 Å². The van der Waals surface area contributed by atoms with E-state index in [-0.39, 0.29) is 31.0 Å². The highest BCUT2D eigenvalue weighted by Gasteiger charge is 2.16. The second-order valence-electron chi connectivity index (χ2n) is 8.50. The zero-order valence-corrected chi connectivity index (χ0v) is 21.3. The van der Waals surface area contributed by atoms with Crippen LogP contribution in [-0.4, -0.2) is 42.0 Å². The number of fused-ring (bicyclic) bond motifs is 1. The number of carbonyl (C=O) groups is 2. The van der Waals surface area contributed by atoms with Crippen LogP contribution in [0.2, 0.25) is 0 Å². The number of ether oxygens (including phenoxy) is 2. The van der Waals surface area contributed by atoms with Crippen LogP contribution in [0, 0.1) is 6.92 Å². The van der Waals surface area contributed by atoms with E-state index in [0.29, 0.717) is 35.8 Å². The zero-order chi connectivity index (χ0) is 25.5. The first kappa shape index (κ1) is 25.5. The van der Waals surface area contributed by atoms with Crippen LogP contribution in [0.25, 0.3) is 21.3 Å². The molecule has 0 aliphatic rings. The fourth-order valence-corrected chi connectivity index (χ4v) is 5.04. The SMILES string of the molecule is COc1cc(C(=O)CCC(=O)c2cccc(-c3csc4c(C)cccc34)n2)ccc1OCCCCO. The molecule has 0 atom stereocenters. The number of thiophene rings is 1. The average Bonchev–Trinajstić information content (AvgIpc) is 3.35. The van der Waals surface area contributed by atoms with Crippen molar-refractivity contribution in [3.8, 4) is 22.8 Å². The first-order valence-corrected chi connectivity index (χ1v) is 12.8. The maximum absolute atomic E-state index is 12.9. The van der Waals surface area contributed by atoms with Crippen molar-refractivity contribution in [3.05, 3.63) is 76.8 Å². The fourth-order valence-electron chi connectivity index (χ4n) is 4.00. The summed E-state index contributed by atoms with van der Waals surface area (Å²) < 4.78 is 12.3. The first-order chi connectivity index (χ1) is 17.5. The molecule has 7 heteroatoms. The number of pyridine rings is 1. The zero-order valence-electron chi connectivity index (χ0n) is 20.5. The highest BCUT2D eigenvalue weighted by Crippen LogP contribution is 2.35. The molecule has 2 heterocycles. The number of aromatic nitrogens is 1. The van der Waals surface area contributed by atoms with Crippen LogP contribution in [0.5, 0.6) is 11.5 Å². The van der Waals surface area contributed by atoms with Crippen molar-refractivity contribution in [2.24, 2.45) is 0 Å². The van der Waals surface area contributed by atoms with Gasteiger partial charge in [0.15, 0.2) is 23.1 Å². The van der Waals surface area contributed by atoms with Gasteiger partial charge in [0.2, 0.25) is 0 Å². The molecule has 36 heavy (non-hydrogen) atoms. The number of carbonyl (C=O) groups excluding carboxylic acids is 2. The van der Waals surface area contributed by atoms with Crippen molar-refractivity contribution in [1.29, 1.82) is 0 Å². The van der Waals surface area contributed by atoms with Crippen molar-refractivity contribution >= 4 is 33.0 Å². The molecule has 0 fully saturated rings. The van der Waals surface area contributed by atoms with Crippen LogP contribution in [0.4, 0.5) is 0 Å². The normalized spacial score (nSPS) is 11.0. The molecule has 0 saturated carbocycles. The number of unbranched alkanes of at least 4 members (excludes halogenated alkanes) is 1. The number of nitrogens with zero attached hydrogens (tertiary/aromatic N) is 1. The second-order valence-corrected chi connectivity index (χ2v) is 9.38. The van der Waals surface area contributed by atoms with E-state index in [2.05, 4.69) is 29.4 Å². The second kappa shape index (κ2) is 11.9. The Balaban J connectivity index is 1.42. The van der Waals surface area contributed by atoms with E-state index in [0.717, 1.165) is 23.1 Å². The van der Waals surface area contributed by atoms with E-state index in [4.69, 9.17) is 14.6 Å². The Morgan fingerprint density at radius 2 is 1.78 bits per heavy atom. The van der Waals surface area contributed by atoms with E-state index in [1.54, 1.807) is 35.6 Å². The van der Waals surface area contributed by atoms with Gasteiger partial charge in [-0.25, -0.2) is 4.98 Å². The number of hydrogen-bond donors (Lipinski definition) is 1. The maximum Gasteiger partial charge on any atom is 0.181 e. The Labute approximate surface area is 214 Å². The summed E-state index contributed by atoms with van der Waals surface area (Å²) in [6.45, 7) is 2.66. The van der Waals surface area contributed by atoms with E-state index < -0.39 is 0 Å². The molecule has 0 aliphatic heterocycles. The number of benzene rings is 2. The average molecular weight is 504 g/mol. The third kappa shape index (κ3) is 5.80. The van der Waals surface area contributed by atoms with Crippen LogP contribution in [0.3, 0.4) is 0 Å². The number of methoxy groups -OCH3 is 1. The van der Waals surface area contributed by atoms with E-state index in [9.17, 15) is 9.59 Å². The fraction of sp³-hybridized carbons (Fsp3) is 0.276. The number of aliphatic hydroxyl groups excluding tert-OH is 1. The van der Waals surface area contributed by atoms with Crippen molar-refractivity contribution in [2.45, 2.75) is 32.6 Å². The summed E-state index contributed by atoms with van der Waals surface area (Å²) in [6, 6.07) is 16.6. The lowest BCUT2D eigenvalue weighted by Crippen LogP contribution is -2.08. The highest BCUT2D eigenvalue weighted by molar-refractivity contribution is 7.18. The van der Waals surface area contributed by atoms with E-state index in [1.807, 2.05) is 18.2 Å². The summed E-state index contributed by atoms with van der Waals surface area (Å²) in [7, 11) is 1.52. The van der Waals surface area contributed by atoms with Gasteiger partial charge in [0, 0.05) is 46.0 Å². The monoisotopic (exact) mass is 503 g/mol. The third-order valence-corrected chi connectivity index (χ3v) is 7.11. The molecule has 0 bridgehead atoms. The van der Waals surface area contributed by atoms with Gasteiger partial charge in [-0.05, 0) is 55.7 Å². The smallest absolute Gasteiger partial charge is 0.181 e. The molecule has 186 valence electrons. The molecule has 1 N–H and O–H groups in total. The number of Topliss-reactive ketones (excluding diaryl/α,β-unsaturated/α-hetero) is 2. The predicted molar refractivity (Wildman–Crippen MR) is 142 cm³/mol. The van der Waals surface area contributed by atoms with Crippen LogP contribution < -0.4 is 9.47 Å². The number of hydrogen-bond acceptors (Lipinski definition) is 7. The molecular weight excluding hydrogens is 474 g/mol. The lowest BCUT2D eigenvalue weighted by Gasteiger charge is -2.12. The molecule has 4 aromatic rings. The quantitative estimate of drug-likeness (QED) is 0.181. The Kier molecular flexibility index (Phi) is 8.46. The number of ketones is 2. The van der Waals surface area contributed by atoms with Gasteiger partial charge >= 0.3 is 0 Å². The van der Waals surface area contributed by atoms with Crippen LogP contribution in [0.1, 0.15) is 52.1 Å². The molecule has 0 unspecified atom stereocenters. The standard InChI is InChI=1S/C29H29NO5S/c1-19-7-5-8-21-22(18-36-29(19)21)23-9-6-10-24(30-23)26(33)13-12-25(32)20-11-14-27(28(17-20)34-2)35-16-4-3-15-31/h5-11,14,17-18,31H,3-4,12-13,15-16H2,1-2H3. The Morgan fingerprint density at radius 1 is 0.972 bits per heavy atom.